The molecule has 0 spiro atoms. The summed E-state index contributed by atoms with van der Waals surface area (Å²) in [6.07, 6.45) is 4.28. The maximum Gasteiger partial charge on any atom is 0.130 e. The van der Waals surface area contributed by atoms with Gasteiger partial charge in [-0.2, -0.15) is 5.10 Å². The van der Waals surface area contributed by atoms with Crippen LogP contribution in [-0.4, -0.2) is 16.3 Å². The van der Waals surface area contributed by atoms with Crippen molar-refractivity contribution in [2.45, 2.75) is 26.3 Å². The highest BCUT2D eigenvalue weighted by Crippen LogP contribution is 2.24. The molecule has 0 aliphatic rings. The van der Waals surface area contributed by atoms with Crippen LogP contribution < -0.4 is 5.32 Å². The van der Waals surface area contributed by atoms with Crippen molar-refractivity contribution in [1.82, 2.24) is 15.1 Å². The first-order valence-corrected chi connectivity index (χ1v) is 6.67. The van der Waals surface area contributed by atoms with Gasteiger partial charge >= 0.3 is 0 Å². The van der Waals surface area contributed by atoms with E-state index in [-0.39, 0.29) is 6.04 Å². The molecule has 0 radical (unpaired) electrons. The minimum Gasteiger partial charge on any atom is -0.310 e. The van der Waals surface area contributed by atoms with Crippen LogP contribution in [0, 0.1) is 18.6 Å². The van der Waals surface area contributed by atoms with E-state index in [1.54, 1.807) is 23.9 Å². The number of likely N-dealkylation sites (N-methyl/N-ethyl adjacent to an activating group) is 1. The van der Waals surface area contributed by atoms with E-state index >= 15 is 0 Å². The molecule has 108 valence electrons. The van der Waals surface area contributed by atoms with Gasteiger partial charge in [0.15, 0.2) is 0 Å². The second-order valence-electron chi connectivity index (χ2n) is 4.96. The molecular formula is C15H19F2N3. The molecule has 0 fully saturated rings. The molecule has 1 aromatic carbocycles. The molecule has 1 unspecified atom stereocenters. The van der Waals surface area contributed by atoms with Crippen molar-refractivity contribution in [2.75, 3.05) is 6.54 Å². The largest absolute Gasteiger partial charge is 0.310 e. The Labute approximate surface area is 117 Å². The fourth-order valence-corrected chi connectivity index (χ4v) is 2.30. The third-order valence-corrected chi connectivity index (χ3v) is 3.30. The SMILES string of the molecule is CCNC(Cc1cnn(C)c1)c1cc(C)c(F)cc1F. The number of aryl methyl sites for hydroxylation is 2. The quantitative estimate of drug-likeness (QED) is 0.912. The van der Waals surface area contributed by atoms with Gasteiger partial charge in [-0.25, -0.2) is 8.78 Å². The molecule has 1 aromatic heterocycles. The maximum atomic E-state index is 14.0. The van der Waals surface area contributed by atoms with Gasteiger partial charge in [0.2, 0.25) is 0 Å². The van der Waals surface area contributed by atoms with E-state index in [4.69, 9.17) is 0 Å². The van der Waals surface area contributed by atoms with Crippen LogP contribution >= 0.6 is 0 Å². The van der Waals surface area contributed by atoms with Gasteiger partial charge in [0.05, 0.1) is 6.20 Å². The third kappa shape index (κ3) is 3.22. The fourth-order valence-electron chi connectivity index (χ4n) is 2.30. The molecule has 3 nitrogen and oxygen atoms in total. The highest BCUT2D eigenvalue weighted by atomic mass is 19.1. The molecule has 1 atom stereocenters. The zero-order valence-electron chi connectivity index (χ0n) is 12.0. The van der Waals surface area contributed by atoms with Gasteiger partial charge in [0.25, 0.3) is 0 Å². The van der Waals surface area contributed by atoms with Crippen molar-refractivity contribution < 1.29 is 8.78 Å². The van der Waals surface area contributed by atoms with Crippen LogP contribution in [0.1, 0.15) is 29.7 Å². The lowest BCUT2D eigenvalue weighted by Crippen LogP contribution is -2.24. The predicted octanol–water partition coefficient (Wildman–Crippen LogP) is 2.90. The first-order valence-electron chi connectivity index (χ1n) is 6.67. The zero-order chi connectivity index (χ0) is 14.7. The van der Waals surface area contributed by atoms with Crippen LogP contribution in [0.4, 0.5) is 8.78 Å². The highest BCUT2D eigenvalue weighted by molar-refractivity contribution is 5.29. The number of hydrogen-bond donors (Lipinski definition) is 1. The number of aromatic nitrogens is 2. The third-order valence-electron chi connectivity index (χ3n) is 3.30. The number of nitrogens with zero attached hydrogens (tertiary/aromatic N) is 2. The normalized spacial score (nSPS) is 12.7. The Balaban J connectivity index is 2.30. The number of benzene rings is 1. The van der Waals surface area contributed by atoms with Gasteiger partial charge in [0.1, 0.15) is 11.6 Å². The Hall–Kier alpha value is -1.75. The van der Waals surface area contributed by atoms with Gasteiger partial charge in [-0.3, -0.25) is 4.68 Å². The van der Waals surface area contributed by atoms with E-state index in [9.17, 15) is 8.78 Å². The Kier molecular flexibility index (Phi) is 4.49. The number of hydrogen-bond acceptors (Lipinski definition) is 2. The lowest BCUT2D eigenvalue weighted by molar-refractivity contribution is 0.500. The van der Waals surface area contributed by atoms with Crippen molar-refractivity contribution >= 4 is 0 Å². The molecule has 1 heterocycles. The van der Waals surface area contributed by atoms with Crippen molar-refractivity contribution in [3.05, 3.63) is 52.9 Å². The lowest BCUT2D eigenvalue weighted by atomic mass is 9.98. The average Bonchev–Trinajstić information content (AvgIpc) is 2.79. The first kappa shape index (κ1) is 14.7. The minimum atomic E-state index is -0.511. The summed E-state index contributed by atoms with van der Waals surface area (Å²) in [6, 6.07) is 2.34. The zero-order valence-corrected chi connectivity index (χ0v) is 12.0. The van der Waals surface area contributed by atoms with E-state index in [1.807, 2.05) is 20.2 Å². The van der Waals surface area contributed by atoms with Crippen molar-refractivity contribution in [3.8, 4) is 0 Å². The monoisotopic (exact) mass is 279 g/mol. The van der Waals surface area contributed by atoms with Crippen LogP contribution in [0.2, 0.25) is 0 Å². The van der Waals surface area contributed by atoms with Crippen LogP contribution in [-0.2, 0) is 13.5 Å². The summed E-state index contributed by atoms with van der Waals surface area (Å²) < 4.78 is 29.1. The minimum absolute atomic E-state index is 0.191. The van der Waals surface area contributed by atoms with E-state index in [1.165, 1.54) is 0 Å². The van der Waals surface area contributed by atoms with Gasteiger partial charge < -0.3 is 5.32 Å². The molecule has 0 bridgehead atoms. The second kappa shape index (κ2) is 6.13. The molecule has 0 aliphatic heterocycles. The van der Waals surface area contributed by atoms with E-state index in [0.29, 0.717) is 24.1 Å². The van der Waals surface area contributed by atoms with Crippen LogP contribution in [0.3, 0.4) is 0 Å². The summed E-state index contributed by atoms with van der Waals surface area (Å²) in [5, 5.41) is 7.36. The van der Waals surface area contributed by atoms with Gasteiger partial charge in [-0.15, -0.1) is 0 Å². The summed E-state index contributed by atoms with van der Waals surface area (Å²) >= 11 is 0. The van der Waals surface area contributed by atoms with Crippen molar-refractivity contribution in [1.29, 1.82) is 0 Å². The first-order chi connectivity index (χ1) is 9.51. The standard InChI is InChI=1S/C15H19F2N3/c1-4-18-15(6-11-8-19-20(3)9-11)12-5-10(2)13(16)7-14(12)17/h5,7-9,15,18H,4,6H2,1-3H3. The summed E-state index contributed by atoms with van der Waals surface area (Å²) in [7, 11) is 1.84. The van der Waals surface area contributed by atoms with E-state index < -0.39 is 11.6 Å². The van der Waals surface area contributed by atoms with Crippen molar-refractivity contribution in [2.24, 2.45) is 7.05 Å². The van der Waals surface area contributed by atoms with Gasteiger partial charge in [0, 0.05) is 30.9 Å². The van der Waals surface area contributed by atoms with E-state index in [0.717, 1.165) is 11.6 Å². The molecule has 20 heavy (non-hydrogen) atoms. The molecule has 5 heteroatoms. The molecule has 0 amide bonds. The van der Waals surface area contributed by atoms with Crippen molar-refractivity contribution in [3.63, 3.8) is 0 Å². The molecule has 0 saturated heterocycles. The number of rotatable bonds is 5. The lowest BCUT2D eigenvalue weighted by Gasteiger charge is -2.19. The topological polar surface area (TPSA) is 29.9 Å². The van der Waals surface area contributed by atoms with Gasteiger partial charge in [-0.1, -0.05) is 6.92 Å². The summed E-state index contributed by atoms with van der Waals surface area (Å²) in [5.74, 6) is -1.02. The Morgan fingerprint density at radius 2 is 2.05 bits per heavy atom. The van der Waals surface area contributed by atoms with E-state index in [2.05, 4.69) is 10.4 Å². The fraction of sp³-hybridized carbons (Fsp3) is 0.400. The maximum absolute atomic E-state index is 14.0. The predicted molar refractivity (Wildman–Crippen MR) is 74.4 cm³/mol. The summed E-state index contributed by atoms with van der Waals surface area (Å²) in [4.78, 5) is 0. The molecule has 0 saturated carbocycles. The van der Waals surface area contributed by atoms with Crippen LogP contribution in [0.15, 0.2) is 24.5 Å². The Morgan fingerprint density at radius 3 is 2.65 bits per heavy atom. The molecular weight excluding hydrogens is 260 g/mol. The van der Waals surface area contributed by atoms with Crippen LogP contribution in [0.5, 0.6) is 0 Å². The number of nitrogens with one attached hydrogen (secondary N) is 1. The van der Waals surface area contributed by atoms with Gasteiger partial charge in [-0.05, 0) is 37.1 Å². The molecule has 2 rings (SSSR count). The highest BCUT2D eigenvalue weighted by Gasteiger charge is 2.18. The molecule has 0 aliphatic carbocycles. The Bertz CT molecular complexity index is 593. The molecule has 2 aromatic rings. The number of halogens is 2. The molecule has 1 N–H and O–H groups in total. The summed E-state index contributed by atoms with van der Waals surface area (Å²) in [6.45, 7) is 4.32. The second-order valence-corrected chi connectivity index (χ2v) is 4.96. The average molecular weight is 279 g/mol. The Morgan fingerprint density at radius 1 is 1.30 bits per heavy atom. The summed E-state index contributed by atoms with van der Waals surface area (Å²) in [5.41, 5.74) is 1.96. The van der Waals surface area contributed by atoms with Crippen LogP contribution in [0.25, 0.3) is 0 Å². The smallest absolute Gasteiger partial charge is 0.130 e.